The molecule has 8 rings (SSSR count). The number of carbonyl (C=O) groups is 1. The van der Waals surface area contributed by atoms with E-state index in [1.54, 1.807) is 18.6 Å². The van der Waals surface area contributed by atoms with Crippen LogP contribution in [0.1, 0.15) is 18.4 Å². The van der Waals surface area contributed by atoms with E-state index < -0.39 is 0 Å². The van der Waals surface area contributed by atoms with Gasteiger partial charge in [0.15, 0.2) is 0 Å². The Morgan fingerprint density at radius 1 is 0.625 bits per heavy atom. The van der Waals surface area contributed by atoms with E-state index in [2.05, 4.69) is 45.3 Å². The van der Waals surface area contributed by atoms with Gasteiger partial charge in [0.1, 0.15) is 0 Å². The monoisotopic (exact) mass is 805 g/mol. The first-order valence-electron chi connectivity index (χ1n) is 15.8. The van der Waals surface area contributed by atoms with Crippen LogP contribution < -0.4 is 0 Å². The van der Waals surface area contributed by atoms with Gasteiger partial charge < -0.3 is 19.7 Å². The summed E-state index contributed by atoms with van der Waals surface area (Å²) in [6, 6.07) is 48.4. The molecule has 0 radical (unpaired) electrons. The van der Waals surface area contributed by atoms with Crippen molar-refractivity contribution in [3.8, 4) is 33.8 Å². The fraction of sp³-hybridized carbons (Fsp3) is 0.143. The Balaban J connectivity index is 0.000000153. The second-order valence-corrected chi connectivity index (χ2v) is 11.3. The molecule has 3 atom stereocenters. The Kier molecular flexibility index (Phi) is 12.7. The van der Waals surface area contributed by atoms with Crippen LogP contribution >= 0.6 is 0 Å². The van der Waals surface area contributed by atoms with Crippen molar-refractivity contribution >= 4 is 5.97 Å². The van der Waals surface area contributed by atoms with Crippen LogP contribution in [0.25, 0.3) is 33.8 Å². The maximum absolute atomic E-state index is 12.2. The van der Waals surface area contributed by atoms with Crippen molar-refractivity contribution < 1.29 is 29.6 Å². The molecule has 6 aromatic rings. The number of fused-ring (bicyclic) bond motifs is 2. The molecular weight excluding hydrogens is 771 g/mol. The summed E-state index contributed by atoms with van der Waals surface area (Å²) in [6.07, 6.45) is 11.8. The predicted molar refractivity (Wildman–Crippen MR) is 184 cm³/mol. The quantitative estimate of drug-likeness (QED) is 0.0957. The molecule has 2 bridgehead atoms. The van der Waals surface area contributed by atoms with Crippen molar-refractivity contribution in [3.63, 3.8) is 0 Å². The first kappa shape index (κ1) is 34.3. The largest absolute Gasteiger partial charge is 3.00 e. The summed E-state index contributed by atoms with van der Waals surface area (Å²) < 4.78 is 5.50. The van der Waals surface area contributed by atoms with Gasteiger partial charge in [-0.3, -0.25) is 4.79 Å². The third kappa shape index (κ3) is 9.51. The van der Waals surface area contributed by atoms with Crippen LogP contribution in [-0.4, -0.2) is 20.9 Å². The summed E-state index contributed by atoms with van der Waals surface area (Å²) in [5.41, 5.74) is 6.81. The average Bonchev–Trinajstić information content (AvgIpc) is 3.81. The van der Waals surface area contributed by atoms with Gasteiger partial charge >= 0.3 is 26.1 Å². The minimum atomic E-state index is -0.0596. The van der Waals surface area contributed by atoms with E-state index in [1.807, 2.05) is 121 Å². The molecule has 3 unspecified atom stereocenters. The molecule has 3 aromatic heterocycles. The molecular formula is C42H34IrN3O2. The molecule has 1 saturated carbocycles. The van der Waals surface area contributed by atoms with E-state index >= 15 is 0 Å². The van der Waals surface area contributed by atoms with Crippen LogP contribution in [0.15, 0.2) is 152 Å². The molecule has 48 heavy (non-hydrogen) atoms. The van der Waals surface area contributed by atoms with E-state index in [4.69, 9.17) is 4.74 Å². The van der Waals surface area contributed by atoms with Crippen LogP contribution in [-0.2, 0) is 36.2 Å². The van der Waals surface area contributed by atoms with Gasteiger partial charge in [0.25, 0.3) is 0 Å². The zero-order valence-corrected chi connectivity index (χ0v) is 28.7. The summed E-state index contributed by atoms with van der Waals surface area (Å²) in [5, 5.41) is 0. The standard InChI is InChI=1S/C20H18NO2.2C11H8N.Ir/c22-20(18-12-15-6-9-17(18)11-15)23-13-14-4-7-16(8-5-14)19-3-1-2-10-21-19;2*1-2-6-10(7-3-1)11-8-4-5-9-12-11;/h1-7,9-10,15,17-18H,11-13H2;2*1-6,8-9H;/q3*-1;+3. The van der Waals surface area contributed by atoms with Crippen LogP contribution in [0.2, 0.25) is 0 Å². The molecule has 3 heterocycles. The number of ether oxygens (including phenoxy) is 1. The maximum atomic E-state index is 12.2. The smallest absolute Gasteiger partial charge is 0.470 e. The SMILES string of the molecule is O=C(OCc1c[c-]c(-c2ccccn2)cc1)C1CC2C=CC1C2.[Ir+3].[c-]1ccccc1-c1ccccn1.[c-]1ccccc1-c1ccccn1. The van der Waals surface area contributed by atoms with Gasteiger partial charge in [0.2, 0.25) is 0 Å². The zero-order chi connectivity index (χ0) is 32.1. The first-order chi connectivity index (χ1) is 23.2. The van der Waals surface area contributed by atoms with Gasteiger partial charge in [-0.15, -0.1) is 102 Å². The number of nitrogens with zero attached hydrogens (tertiary/aromatic N) is 3. The van der Waals surface area contributed by atoms with Gasteiger partial charge in [-0.25, -0.2) is 0 Å². The van der Waals surface area contributed by atoms with Crippen molar-refractivity contribution in [1.29, 1.82) is 0 Å². The van der Waals surface area contributed by atoms with Gasteiger partial charge in [-0.2, -0.15) is 0 Å². The number of hydrogen-bond donors (Lipinski definition) is 0. The minimum Gasteiger partial charge on any atom is -0.470 e. The van der Waals surface area contributed by atoms with Gasteiger partial charge in [0.05, 0.1) is 12.5 Å². The molecule has 1 fully saturated rings. The number of hydrogen-bond acceptors (Lipinski definition) is 5. The van der Waals surface area contributed by atoms with Gasteiger partial charge in [0, 0.05) is 18.6 Å². The van der Waals surface area contributed by atoms with Crippen LogP contribution in [0.4, 0.5) is 0 Å². The summed E-state index contributed by atoms with van der Waals surface area (Å²) in [7, 11) is 0. The third-order valence-electron chi connectivity index (χ3n) is 8.08. The number of benzene rings is 3. The topological polar surface area (TPSA) is 65.0 Å². The van der Waals surface area contributed by atoms with Crippen molar-refractivity contribution in [2.24, 2.45) is 17.8 Å². The Morgan fingerprint density at radius 3 is 1.56 bits per heavy atom. The Hall–Kier alpha value is -5.03. The molecule has 3 aromatic carbocycles. The van der Waals surface area contributed by atoms with Crippen molar-refractivity contribution in [2.75, 3.05) is 0 Å². The Labute approximate surface area is 296 Å². The molecule has 0 N–H and O–H groups in total. The van der Waals surface area contributed by atoms with Gasteiger partial charge in [-0.05, 0) is 60.0 Å². The number of esters is 1. The van der Waals surface area contributed by atoms with E-state index in [0.29, 0.717) is 18.4 Å². The molecule has 0 spiro atoms. The second kappa shape index (κ2) is 17.8. The molecule has 2 aliphatic rings. The molecule has 0 amide bonds. The molecule has 238 valence electrons. The minimum absolute atomic E-state index is 0. The summed E-state index contributed by atoms with van der Waals surface area (Å²) >= 11 is 0. The van der Waals surface area contributed by atoms with Crippen molar-refractivity contribution in [2.45, 2.75) is 19.4 Å². The number of aromatic nitrogens is 3. The van der Waals surface area contributed by atoms with Gasteiger partial charge in [-0.1, -0.05) is 54.1 Å². The van der Waals surface area contributed by atoms with E-state index in [9.17, 15) is 4.79 Å². The predicted octanol–water partition coefficient (Wildman–Crippen LogP) is 8.90. The molecule has 5 nitrogen and oxygen atoms in total. The fourth-order valence-electron chi connectivity index (χ4n) is 5.69. The summed E-state index contributed by atoms with van der Waals surface area (Å²) in [4.78, 5) is 25.0. The van der Waals surface area contributed by atoms with E-state index in [0.717, 1.165) is 52.2 Å². The van der Waals surface area contributed by atoms with Crippen molar-refractivity contribution in [3.05, 3.63) is 176 Å². The van der Waals surface area contributed by atoms with Crippen LogP contribution in [0.3, 0.4) is 0 Å². The van der Waals surface area contributed by atoms with Crippen molar-refractivity contribution in [1.82, 2.24) is 15.0 Å². The molecule has 0 saturated heterocycles. The summed E-state index contributed by atoms with van der Waals surface area (Å²) in [6.45, 7) is 0.315. The second-order valence-electron chi connectivity index (χ2n) is 11.3. The Morgan fingerprint density at radius 2 is 1.17 bits per heavy atom. The number of rotatable bonds is 6. The third-order valence-corrected chi connectivity index (χ3v) is 8.08. The molecule has 6 heteroatoms. The Bertz CT molecular complexity index is 1690. The molecule has 0 aliphatic heterocycles. The number of carbonyl (C=O) groups excluding carboxylic acids is 1. The van der Waals surface area contributed by atoms with E-state index in [-0.39, 0.29) is 32.0 Å². The zero-order valence-electron chi connectivity index (χ0n) is 26.3. The normalized spacial score (nSPS) is 16.7. The first-order valence-corrected chi connectivity index (χ1v) is 15.8. The maximum Gasteiger partial charge on any atom is 3.00 e. The van der Waals surface area contributed by atoms with E-state index in [1.165, 1.54) is 0 Å². The number of allylic oxidation sites excluding steroid dienone is 2. The number of pyridine rings is 3. The average molecular weight is 805 g/mol. The summed E-state index contributed by atoms with van der Waals surface area (Å²) in [5.74, 6) is 0.978. The molecule has 2 aliphatic carbocycles. The van der Waals surface area contributed by atoms with Crippen LogP contribution in [0, 0.1) is 36.0 Å². The fourth-order valence-corrected chi connectivity index (χ4v) is 5.69. The van der Waals surface area contributed by atoms with Crippen LogP contribution in [0.5, 0.6) is 0 Å².